The summed E-state index contributed by atoms with van der Waals surface area (Å²) in [5.74, 6) is -1.01. The molecule has 2 heterocycles. The van der Waals surface area contributed by atoms with E-state index in [9.17, 15) is 9.18 Å². The molecule has 2 N–H and O–H groups in total. The van der Waals surface area contributed by atoms with E-state index in [4.69, 9.17) is 4.74 Å². The fourth-order valence-electron chi connectivity index (χ4n) is 2.17. The van der Waals surface area contributed by atoms with Gasteiger partial charge in [0, 0.05) is 19.9 Å². The summed E-state index contributed by atoms with van der Waals surface area (Å²) in [7, 11) is 1.56. The number of carbonyl (C=O) groups excluding carboxylic acids is 1. The summed E-state index contributed by atoms with van der Waals surface area (Å²) in [6.45, 7) is 2.59. The topological polar surface area (TPSA) is 63.2 Å². The first-order valence-electron chi connectivity index (χ1n) is 6.38. The van der Waals surface area contributed by atoms with Gasteiger partial charge in [-0.15, -0.1) is 0 Å². The molecule has 0 spiro atoms. The molecule has 19 heavy (non-hydrogen) atoms. The van der Waals surface area contributed by atoms with Crippen molar-refractivity contribution in [3.05, 3.63) is 23.6 Å². The number of hydrogen-bond acceptors (Lipinski definition) is 4. The first-order chi connectivity index (χ1) is 9.13. The second-order valence-corrected chi connectivity index (χ2v) is 4.58. The van der Waals surface area contributed by atoms with Crippen molar-refractivity contribution >= 4 is 11.7 Å². The Morgan fingerprint density at radius 2 is 2.42 bits per heavy atom. The van der Waals surface area contributed by atoms with Crippen molar-refractivity contribution in [3.63, 3.8) is 0 Å². The van der Waals surface area contributed by atoms with Gasteiger partial charge in [0.1, 0.15) is 0 Å². The quantitative estimate of drug-likeness (QED) is 0.869. The lowest BCUT2D eigenvalue weighted by Gasteiger charge is -2.20. The van der Waals surface area contributed by atoms with Crippen LogP contribution in [-0.4, -0.2) is 36.7 Å². The van der Waals surface area contributed by atoms with Crippen LogP contribution in [0.1, 0.15) is 30.1 Å². The highest BCUT2D eigenvalue weighted by Crippen LogP contribution is 2.17. The summed E-state index contributed by atoms with van der Waals surface area (Å²) in [6, 6.07) is 1.23. The van der Waals surface area contributed by atoms with Crippen LogP contribution in [-0.2, 0) is 4.74 Å². The fourth-order valence-corrected chi connectivity index (χ4v) is 2.17. The van der Waals surface area contributed by atoms with E-state index >= 15 is 0 Å². The van der Waals surface area contributed by atoms with Crippen LogP contribution in [0, 0.1) is 5.82 Å². The van der Waals surface area contributed by atoms with Gasteiger partial charge in [-0.2, -0.15) is 0 Å². The van der Waals surface area contributed by atoms with Crippen LogP contribution in [0.4, 0.5) is 10.2 Å². The molecule has 0 saturated carbocycles. The predicted octanol–water partition coefficient (Wildman–Crippen LogP) is 1.56. The minimum atomic E-state index is -0.637. The standard InChI is InChI=1S/C13H18FN3O2/c1-8(10-4-3-7-19-10)17-13(18)9-5-6-16-12(15-2)11(9)14/h5-6,8,10H,3-4,7H2,1-2H3,(H,15,16)(H,17,18). The number of nitrogens with zero attached hydrogens (tertiary/aromatic N) is 1. The molecule has 104 valence electrons. The van der Waals surface area contributed by atoms with Gasteiger partial charge in [-0.1, -0.05) is 0 Å². The molecule has 2 unspecified atom stereocenters. The molecule has 0 bridgehead atoms. The predicted molar refractivity (Wildman–Crippen MR) is 69.6 cm³/mol. The van der Waals surface area contributed by atoms with Crippen molar-refractivity contribution < 1.29 is 13.9 Å². The lowest BCUT2D eigenvalue weighted by Crippen LogP contribution is -2.41. The number of aromatic nitrogens is 1. The van der Waals surface area contributed by atoms with E-state index in [1.807, 2.05) is 6.92 Å². The minimum Gasteiger partial charge on any atom is -0.376 e. The molecule has 1 amide bonds. The average Bonchev–Trinajstić information content (AvgIpc) is 2.92. The molecule has 0 aliphatic carbocycles. The van der Waals surface area contributed by atoms with E-state index in [-0.39, 0.29) is 23.5 Å². The average molecular weight is 267 g/mol. The summed E-state index contributed by atoms with van der Waals surface area (Å²) in [4.78, 5) is 15.8. The largest absolute Gasteiger partial charge is 0.376 e. The van der Waals surface area contributed by atoms with Gasteiger partial charge in [0.25, 0.3) is 5.91 Å². The highest BCUT2D eigenvalue weighted by atomic mass is 19.1. The van der Waals surface area contributed by atoms with Gasteiger partial charge in [0.15, 0.2) is 11.6 Å². The molecule has 0 aromatic carbocycles. The number of anilines is 1. The molecule has 6 heteroatoms. The minimum absolute atomic E-state index is 0.0100. The van der Waals surface area contributed by atoms with Gasteiger partial charge in [0.2, 0.25) is 0 Å². The second kappa shape index (κ2) is 5.97. The number of halogens is 1. The maximum Gasteiger partial charge on any atom is 0.254 e. The fraction of sp³-hybridized carbons (Fsp3) is 0.538. The maximum atomic E-state index is 13.9. The van der Waals surface area contributed by atoms with Crippen LogP contribution in [0.2, 0.25) is 0 Å². The van der Waals surface area contributed by atoms with E-state index in [1.54, 1.807) is 7.05 Å². The monoisotopic (exact) mass is 267 g/mol. The van der Waals surface area contributed by atoms with Gasteiger partial charge >= 0.3 is 0 Å². The summed E-state index contributed by atoms with van der Waals surface area (Å²) in [5.41, 5.74) is -0.0100. The number of pyridine rings is 1. The van der Waals surface area contributed by atoms with Crippen molar-refractivity contribution in [2.24, 2.45) is 0 Å². The zero-order valence-corrected chi connectivity index (χ0v) is 11.1. The van der Waals surface area contributed by atoms with E-state index in [2.05, 4.69) is 15.6 Å². The molecule has 1 fully saturated rings. The molecule has 1 aromatic rings. The number of nitrogens with one attached hydrogen (secondary N) is 2. The van der Waals surface area contributed by atoms with Crippen LogP contribution >= 0.6 is 0 Å². The first-order valence-corrected chi connectivity index (χ1v) is 6.38. The highest BCUT2D eigenvalue weighted by molar-refractivity contribution is 5.95. The highest BCUT2D eigenvalue weighted by Gasteiger charge is 2.25. The number of amides is 1. The summed E-state index contributed by atoms with van der Waals surface area (Å²) < 4.78 is 19.4. The van der Waals surface area contributed by atoms with Crippen LogP contribution in [0.3, 0.4) is 0 Å². The van der Waals surface area contributed by atoms with Gasteiger partial charge in [0.05, 0.1) is 17.7 Å². The molecular formula is C13H18FN3O2. The Hall–Kier alpha value is -1.69. The van der Waals surface area contributed by atoms with Gasteiger partial charge in [-0.05, 0) is 25.8 Å². The Bertz CT molecular complexity index is 461. The Morgan fingerprint density at radius 1 is 1.63 bits per heavy atom. The summed E-state index contributed by atoms with van der Waals surface area (Å²) >= 11 is 0. The van der Waals surface area contributed by atoms with Gasteiger partial charge in [-0.25, -0.2) is 9.37 Å². The van der Waals surface area contributed by atoms with E-state index in [0.29, 0.717) is 0 Å². The maximum absolute atomic E-state index is 13.9. The molecule has 2 atom stereocenters. The van der Waals surface area contributed by atoms with Crippen molar-refractivity contribution in [2.75, 3.05) is 19.0 Å². The Kier molecular flexibility index (Phi) is 4.31. The second-order valence-electron chi connectivity index (χ2n) is 4.58. The third kappa shape index (κ3) is 3.01. The summed E-state index contributed by atoms with van der Waals surface area (Å²) in [6.07, 6.45) is 3.33. The van der Waals surface area contributed by atoms with E-state index in [1.165, 1.54) is 12.3 Å². The first kappa shape index (κ1) is 13.7. The van der Waals surface area contributed by atoms with Crippen molar-refractivity contribution in [2.45, 2.75) is 31.9 Å². The third-order valence-electron chi connectivity index (χ3n) is 3.25. The van der Waals surface area contributed by atoms with Crippen LogP contribution in [0.25, 0.3) is 0 Å². The van der Waals surface area contributed by atoms with Gasteiger partial charge in [-0.3, -0.25) is 4.79 Å². The van der Waals surface area contributed by atoms with Crippen LogP contribution in [0.5, 0.6) is 0 Å². The molecule has 5 nitrogen and oxygen atoms in total. The number of rotatable bonds is 4. The normalized spacial score (nSPS) is 20.1. The van der Waals surface area contributed by atoms with Crippen molar-refractivity contribution in [3.8, 4) is 0 Å². The van der Waals surface area contributed by atoms with Gasteiger partial charge < -0.3 is 15.4 Å². The van der Waals surface area contributed by atoms with E-state index < -0.39 is 11.7 Å². The third-order valence-corrected chi connectivity index (χ3v) is 3.25. The molecule has 1 saturated heterocycles. The Balaban J connectivity index is 2.07. The number of carbonyl (C=O) groups is 1. The lowest BCUT2D eigenvalue weighted by molar-refractivity contribution is 0.0710. The summed E-state index contributed by atoms with van der Waals surface area (Å²) in [5, 5.41) is 5.38. The van der Waals surface area contributed by atoms with Crippen LogP contribution < -0.4 is 10.6 Å². The van der Waals surface area contributed by atoms with Crippen molar-refractivity contribution in [1.29, 1.82) is 0 Å². The Morgan fingerprint density at radius 3 is 3.05 bits per heavy atom. The molecule has 1 aromatic heterocycles. The molecule has 2 rings (SSSR count). The van der Waals surface area contributed by atoms with Crippen molar-refractivity contribution in [1.82, 2.24) is 10.3 Å². The molecule has 1 aliphatic heterocycles. The Labute approximate surface area is 111 Å². The molecule has 0 radical (unpaired) electrons. The SMILES string of the molecule is CNc1nccc(C(=O)NC(C)C2CCCO2)c1F. The number of ether oxygens (including phenoxy) is 1. The van der Waals surface area contributed by atoms with E-state index in [0.717, 1.165) is 19.4 Å². The zero-order chi connectivity index (χ0) is 13.8. The molecule has 1 aliphatic rings. The number of hydrogen-bond donors (Lipinski definition) is 2. The van der Waals surface area contributed by atoms with Crippen LogP contribution in [0.15, 0.2) is 12.3 Å². The smallest absolute Gasteiger partial charge is 0.254 e. The zero-order valence-electron chi connectivity index (χ0n) is 11.1. The lowest BCUT2D eigenvalue weighted by atomic mass is 10.1. The molecular weight excluding hydrogens is 249 g/mol.